The lowest BCUT2D eigenvalue weighted by Crippen LogP contribution is -2.29. The number of hydrogen-bond donors (Lipinski definition) is 2. The summed E-state index contributed by atoms with van der Waals surface area (Å²) < 4.78 is 0. The van der Waals surface area contributed by atoms with Crippen LogP contribution in [0.25, 0.3) is 0 Å². The van der Waals surface area contributed by atoms with Crippen LogP contribution in [0.3, 0.4) is 0 Å². The highest BCUT2D eigenvalue weighted by atomic mass is 14.9. The highest BCUT2D eigenvalue weighted by Gasteiger charge is 2.28. The minimum atomic E-state index is 0.358. The number of aromatic nitrogens is 1. The van der Waals surface area contributed by atoms with E-state index in [1.807, 2.05) is 19.3 Å². The first-order chi connectivity index (χ1) is 9.26. The van der Waals surface area contributed by atoms with Crippen molar-refractivity contribution in [1.82, 2.24) is 10.3 Å². The molecule has 1 atom stereocenters. The van der Waals surface area contributed by atoms with Crippen molar-refractivity contribution in [2.24, 2.45) is 11.8 Å². The zero-order chi connectivity index (χ0) is 13.7. The van der Waals surface area contributed by atoms with Crippen molar-refractivity contribution >= 4 is 5.69 Å². The number of nitrogens with two attached hydrogens (primary N) is 1. The molecule has 0 aromatic carbocycles. The Bertz CT molecular complexity index is 383. The number of nitrogens with one attached hydrogen (secondary N) is 1. The molecule has 1 aromatic rings. The van der Waals surface area contributed by atoms with E-state index in [0.29, 0.717) is 12.0 Å². The van der Waals surface area contributed by atoms with Crippen molar-refractivity contribution in [3.63, 3.8) is 0 Å². The molecule has 1 aromatic heterocycles. The fourth-order valence-electron chi connectivity index (χ4n) is 3.54. The van der Waals surface area contributed by atoms with E-state index < -0.39 is 0 Å². The van der Waals surface area contributed by atoms with Crippen molar-refractivity contribution in [2.75, 3.05) is 12.8 Å². The molecule has 0 amide bonds. The normalized spacial score (nSPS) is 25.2. The maximum absolute atomic E-state index is 6.10. The summed E-state index contributed by atoms with van der Waals surface area (Å²) in [6.07, 6.45) is 11.8. The SMILES string of the molecule is CCCC1CCC(C(NC)c2cnccc2N)CC1. The molecule has 0 radical (unpaired) electrons. The van der Waals surface area contributed by atoms with Gasteiger partial charge < -0.3 is 11.1 Å². The second-order valence-electron chi connectivity index (χ2n) is 5.84. The van der Waals surface area contributed by atoms with Crippen LogP contribution in [0, 0.1) is 11.8 Å². The topological polar surface area (TPSA) is 50.9 Å². The fraction of sp³-hybridized carbons (Fsp3) is 0.688. The third kappa shape index (κ3) is 3.47. The number of pyridine rings is 1. The molecule has 0 saturated heterocycles. The van der Waals surface area contributed by atoms with Gasteiger partial charge in [0.15, 0.2) is 0 Å². The molecule has 0 spiro atoms. The van der Waals surface area contributed by atoms with Gasteiger partial charge in [-0.25, -0.2) is 0 Å². The van der Waals surface area contributed by atoms with Crippen molar-refractivity contribution in [1.29, 1.82) is 0 Å². The second-order valence-corrected chi connectivity index (χ2v) is 5.84. The predicted molar refractivity (Wildman–Crippen MR) is 80.8 cm³/mol. The van der Waals surface area contributed by atoms with E-state index in [1.54, 1.807) is 6.20 Å². The minimum Gasteiger partial charge on any atom is -0.398 e. The van der Waals surface area contributed by atoms with Crippen LogP contribution in [0.5, 0.6) is 0 Å². The lowest BCUT2D eigenvalue weighted by Gasteiger charge is -2.34. The lowest BCUT2D eigenvalue weighted by atomic mass is 9.75. The Morgan fingerprint density at radius 3 is 2.68 bits per heavy atom. The summed E-state index contributed by atoms with van der Waals surface area (Å²) in [5.41, 5.74) is 8.13. The summed E-state index contributed by atoms with van der Waals surface area (Å²) in [7, 11) is 2.04. The zero-order valence-electron chi connectivity index (χ0n) is 12.2. The summed E-state index contributed by atoms with van der Waals surface area (Å²) in [5.74, 6) is 1.65. The maximum Gasteiger partial charge on any atom is 0.0393 e. The first-order valence-corrected chi connectivity index (χ1v) is 7.62. The van der Waals surface area contributed by atoms with Crippen LogP contribution in [0.2, 0.25) is 0 Å². The molecule has 0 aliphatic heterocycles. The van der Waals surface area contributed by atoms with Crippen molar-refractivity contribution < 1.29 is 0 Å². The molecule has 0 bridgehead atoms. The fourth-order valence-corrected chi connectivity index (χ4v) is 3.54. The summed E-state index contributed by atoms with van der Waals surface area (Å²) in [5, 5.41) is 3.46. The van der Waals surface area contributed by atoms with E-state index in [4.69, 9.17) is 5.73 Å². The van der Waals surface area contributed by atoms with E-state index in [0.717, 1.165) is 11.6 Å². The number of hydrogen-bond acceptors (Lipinski definition) is 3. The van der Waals surface area contributed by atoms with Gasteiger partial charge in [0.2, 0.25) is 0 Å². The molecule has 2 rings (SSSR count). The Morgan fingerprint density at radius 1 is 1.37 bits per heavy atom. The summed E-state index contributed by atoms with van der Waals surface area (Å²) in [4.78, 5) is 4.23. The second kappa shape index (κ2) is 6.90. The molecule has 1 unspecified atom stereocenters. The average molecular weight is 261 g/mol. The first kappa shape index (κ1) is 14.3. The molecule has 1 heterocycles. The van der Waals surface area contributed by atoms with Crippen LogP contribution < -0.4 is 11.1 Å². The highest BCUT2D eigenvalue weighted by Crippen LogP contribution is 2.39. The lowest BCUT2D eigenvalue weighted by molar-refractivity contribution is 0.220. The Kier molecular flexibility index (Phi) is 5.20. The third-order valence-electron chi connectivity index (χ3n) is 4.59. The number of rotatable bonds is 5. The zero-order valence-corrected chi connectivity index (χ0v) is 12.2. The number of nitrogen functional groups attached to an aromatic ring is 1. The molecule has 1 fully saturated rings. The van der Waals surface area contributed by atoms with E-state index >= 15 is 0 Å². The first-order valence-electron chi connectivity index (χ1n) is 7.62. The summed E-state index contributed by atoms with van der Waals surface area (Å²) in [6, 6.07) is 2.26. The molecule has 1 saturated carbocycles. The van der Waals surface area contributed by atoms with Crippen LogP contribution in [0.1, 0.15) is 57.1 Å². The van der Waals surface area contributed by atoms with Crippen LogP contribution in [-0.4, -0.2) is 12.0 Å². The number of nitrogens with zero attached hydrogens (tertiary/aromatic N) is 1. The van der Waals surface area contributed by atoms with Gasteiger partial charge in [-0.2, -0.15) is 0 Å². The highest BCUT2D eigenvalue weighted by molar-refractivity contribution is 5.46. The third-order valence-corrected chi connectivity index (χ3v) is 4.59. The number of anilines is 1. The minimum absolute atomic E-state index is 0.358. The van der Waals surface area contributed by atoms with Crippen molar-refractivity contribution in [2.45, 2.75) is 51.5 Å². The molecule has 3 heteroatoms. The largest absolute Gasteiger partial charge is 0.398 e. The summed E-state index contributed by atoms with van der Waals surface area (Å²) >= 11 is 0. The maximum atomic E-state index is 6.10. The molecule has 19 heavy (non-hydrogen) atoms. The molecule has 3 nitrogen and oxygen atoms in total. The monoisotopic (exact) mass is 261 g/mol. The van der Waals surface area contributed by atoms with Gasteiger partial charge in [0.1, 0.15) is 0 Å². The van der Waals surface area contributed by atoms with E-state index in [1.165, 1.54) is 44.1 Å². The quantitative estimate of drug-likeness (QED) is 0.852. The Hall–Kier alpha value is -1.09. The van der Waals surface area contributed by atoms with Crippen LogP contribution in [0.4, 0.5) is 5.69 Å². The van der Waals surface area contributed by atoms with Gasteiger partial charge in [0.25, 0.3) is 0 Å². The summed E-state index contributed by atoms with van der Waals surface area (Å²) in [6.45, 7) is 2.29. The molecule has 106 valence electrons. The Morgan fingerprint density at radius 2 is 2.11 bits per heavy atom. The van der Waals surface area contributed by atoms with Crippen molar-refractivity contribution in [3.8, 4) is 0 Å². The average Bonchev–Trinajstić information content (AvgIpc) is 2.44. The Balaban J connectivity index is 2.02. The molecule has 1 aliphatic rings. The van der Waals surface area contributed by atoms with Crippen LogP contribution >= 0.6 is 0 Å². The van der Waals surface area contributed by atoms with E-state index in [-0.39, 0.29) is 0 Å². The van der Waals surface area contributed by atoms with E-state index in [9.17, 15) is 0 Å². The van der Waals surface area contributed by atoms with Gasteiger partial charge in [-0.3, -0.25) is 4.98 Å². The van der Waals surface area contributed by atoms with Gasteiger partial charge in [-0.1, -0.05) is 32.6 Å². The van der Waals surface area contributed by atoms with Gasteiger partial charge in [-0.15, -0.1) is 0 Å². The Labute approximate surface area is 117 Å². The molecular weight excluding hydrogens is 234 g/mol. The van der Waals surface area contributed by atoms with Gasteiger partial charge >= 0.3 is 0 Å². The van der Waals surface area contributed by atoms with Crippen molar-refractivity contribution in [3.05, 3.63) is 24.0 Å². The van der Waals surface area contributed by atoms with Gasteiger partial charge in [-0.05, 0) is 37.8 Å². The van der Waals surface area contributed by atoms with Gasteiger partial charge in [0.05, 0.1) is 0 Å². The van der Waals surface area contributed by atoms with Gasteiger partial charge in [0, 0.05) is 29.7 Å². The van der Waals surface area contributed by atoms with Crippen LogP contribution in [-0.2, 0) is 0 Å². The molecular formula is C16H27N3. The van der Waals surface area contributed by atoms with Crippen LogP contribution in [0.15, 0.2) is 18.5 Å². The smallest absolute Gasteiger partial charge is 0.0393 e. The molecule has 3 N–H and O–H groups in total. The molecule has 1 aliphatic carbocycles. The standard InChI is InChI=1S/C16H27N3/c1-3-4-12-5-7-13(8-6-12)16(18-2)14-11-19-10-9-15(14)17/h9-13,16,18H,3-8H2,1-2H3,(H2,17,19). The van der Waals surface area contributed by atoms with E-state index in [2.05, 4.69) is 17.2 Å². The predicted octanol–water partition coefficient (Wildman–Crippen LogP) is 3.53.